The zero-order valence-electron chi connectivity index (χ0n) is 13.3. The Balaban J connectivity index is 1.73. The van der Waals surface area contributed by atoms with Crippen molar-refractivity contribution in [2.45, 2.75) is 39.7 Å². The Hall–Kier alpha value is -1.55. The van der Waals surface area contributed by atoms with E-state index in [9.17, 15) is 4.79 Å². The molecule has 1 heterocycles. The molecule has 0 aromatic heterocycles. The van der Waals surface area contributed by atoms with Crippen molar-refractivity contribution in [1.82, 2.24) is 10.2 Å². The van der Waals surface area contributed by atoms with Crippen molar-refractivity contribution in [3.8, 4) is 5.75 Å². The number of amides is 1. The molecule has 0 spiro atoms. The van der Waals surface area contributed by atoms with Crippen molar-refractivity contribution in [3.05, 3.63) is 29.3 Å². The van der Waals surface area contributed by atoms with Gasteiger partial charge in [-0.1, -0.05) is 13.0 Å². The number of hydrogen-bond donors (Lipinski definition) is 1. The van der Waals surface area contributed by atoms with Crippen LogP contribution in [0, 0.1) is 13.8 Å². The number of carbonyl (C=O) groups excluding carboxylic acids is 1. The van der Waals surface area contributed by atoms with E-state index in [1.165, 1.54) is 24.0 Å². The van der Waals surface area contributed by atoms with Gasteiger partial charge in [-0.05, 0) is 63.0 Å². The average Bonchev–Trinajstić information content (AvgIpc) is 2.94. The highest BCUT2D eigenvalue weighted by Gasteiger charge is 2.23. The molecule has 1 atom stereocenters. The van der Waals surface area contributed by atoms with Crippen LogP contribution in [0.3, 0.4) is 0 Å². The molecular weight excluding hydrogens is 264 g/mol. The molecule has 1 amide bonds. The van der Waals surface area contributed by atoms with Crippen molar-refractivity contribution in [2.75, 3.05) is 26.2 Å². The van der Waals surface area contributed by atoms with Gasteiger partial charge in [0.15, 0.2) is 6.61 Å². The summed E-state index contributed by atoms with van der Waals surface area (Å²) in [6.45, 7) is 9.29. The van der Waals surface area contributed by atoms with Crippen molar-refractivity contribution in [3.63, 3.8) is 0 Å². The number of ether oxygens (including phenoxy) is 1. The topological polar surface area (TPSA) is 41.6 Å². The largest absolute Gasteiger partial charge is 0.484 e. The number of benzene rings is 1. The molecule has 0 aliphatic carbocycles. The average molecular weight is 290 g/mol. The zero-order valence-corrected chi connectivity index (χ0v) is 13.3. The number of nitrogens with one attached hydrogen (secondary N) is 1. The summed E-state index contributed by atoms with van der Waals surface area (Å²) in [6.07, 6.45) is 2.40. The highest BCUT2D eigenvalue weighted by molar-refractivity contribution is 5.77. The van der Waals surface area contributed by atoms with Gasteiger partial charge in [-0.2, -0.15) is 0 Å². The van der Waals surface area contributed by atoms with Crippen molar-refractivity contribution in [2.24, 2.45) is 0 Å². The summed E-state index contributed by atoms with van der Waals surface area (Å²) >= 11 is 0. The van der Waals surface area contributed by atoms with Crippen LogP contribution >= 0.6 is 0 Å². The first-order valence-corrected chi connectivity index (χ1v) is 7.81. The molecule has 4 heteroatoms. The Kier molecular flexibility index (Phi) is 5.62. The van der Waals surface area contributed by atoms with Gasteiger partial charge in [0.25, 0.3) is 5.91 Å². The fourth-order valence-corrected chi connectivity index (χ4v) is 2.78. The van der Waals surface area contributed by atoms with E-state index in [0.717, 1.165) is 25.4 Å². The molecule has 1 aromatic rings. The van der Waals surface area contributed by atoms with Gasteiger partial charge in [0, 0.05) is 12.6 Å². The van der Waals surface area contributed by atoms with Gasteiger partial charge in [0.2, 0.25) is 0 Å². The molecule has 1 fully saturated rings. The number of rotatable bonds is 6. The number of carbonyl (C=O) groups is 1. The van der Waals surface area contributed by atoms with Crippen LogP contribution in [0.1, 0.15) is 30.9 Å². The predicted molar refractivity (Wildman–Crippen MR) is 84.7 cm³/mol. The Morgan fingerprint density at radius 1 is 1.38 bits per heavy atom. The van der Waals surface area contributed by atoms with Gasteiger partial charge in [-0.15, -0.1) is 0 Å². The van der Waals surface area contributed by atoms with Gasteiger partial charge >= 0.3 is 0 Å². The summed E-state index contributed by atoms with van der Waals surface area (Å²) in [5.41, 5.74) is 2.41. The molecule has 1 aliphatic heterocycles. The van der Waals surface area contributed by atoms with Gasteiger partial charge in [-0.3, -0.25) is 9.69 Å². The Bertz CT molecular complexity index is 488. The molecule has 1 aromatic carbocycles. The quantitative estimate of drug-likeness (QED) is 0.874. The second kappa shape index (κ2) is 7.46. The van der Waals surface area contributed by atoms with Crippen molar-refractivity contribution < 1.29 is 9.53 Å². The fourth-order valence-electron chi connectivity index (χ4n) is 2.78. The van der Waals surface area contributed by atoms with E-state index in [1.54, 1.807) is 0 Å². The number of aryl methyl sites for hydroxylation is 2. The predicted octanol–water partition coefficient (Wildman–Crippen LogP) is 2.28. The highest BCUT2D eigenvalue weighted by atomic mass is 16.5. The first kappa shape index (κ1) is 15.8. The summed E-state index contributed by atoms with van der Waals surface area (Å²) in [7, 11) is 0. The number of hydrogen-bond acceptors (Lipinski definition) is 3. The summed E-state index contributed by atoms with van der Waals surface area (Å²) < 4.78 is 5.55. The summed E-state index contributed by atoms with van der Waals surface area (Å²) in [5, 5.41) is 2.98. The molecule has 4 nitrogen and oxygen atoms in total. The molecule has 0 saturated carbocycles. The van der Waals surface area contributed by atoms with Gasteiger partial charge < -0.3 is 10.1 Å². The molecule has 21 heavy (non-hydrogen) atoms. The van der Waals surface area contributed by atoms with E-state index in [1.807, 2.05) is 25.1 Å². The highest BCUT2D eigenvalue weighted by Crippen LogP contribution is 2.17. The maximum atomic E-state index is 11.9. The SMILES string of the molecule is CCN1CCCC1CNC(=O)COc1ccc(C)c(C)c1. The number of likely N-dealkylation sites (N-methyl/N-ethyl adjacent to an activating group) is 1. The van der Waals surface area contributed by atoms with Crippen LogP contribution < -0.4 is 10.1 Å². The van der Waals surface area contributed by atoms with E-state index in [-0.39, 0.29) is 12.5 Å². The molecular formula is C17H26N2O2. The van der Waals surface area contributed by atoms with Gasteiger partial charge in [0.1, 0.15) is 5.75 Å². The summed E-state index contributed by atoms with van der Waals surface area (Å²) in [5.74, 6) is 0.709. The lowest BCUT2D eigenvalue weighted by Gasteiger charge is -2.22. The minimum absolute atomic E-state index is 0.0452. The Morgan fingerprint density at radius 2 is 2.19 bits per heavy atom. The molecule has 1 saturated heterocycles. The molecule has 116 valence electrons. The van der Waals surface area contributed by atoms with Crippen LogP contribution in [0.25, 0.3) is 0 Å². The molecule has 1 aliphatic rings. The van der Waals surface area contributed by atoms with Crippen LogP contribution in [0.5, 0.6) is 5.75 Å². The standard InChI is InChI=1S/C17H26N2O2/c1-4-19-9-5-6-15(19)11-18-17(20)12-21-16-8-7-13(2)14(3)10-16/h7-8,10,15H,4-6,9,11-12H2,1-3H3,(H,18,20). The molecule has 0 bridgehead atoms. The monoisotopic (exact) mass is 290 g/mol. The van der Waals surface area contributed by atoms with Crippen LogP contribution in [0.4, 0.5) is 0 Å². The maximum Gasteiger partial charge on any atom is 0.257 e. The maximum absolute atomic E-state index is 11.9. The first-order valence-electron chi connectivity index (χ1n) is 7.81. The third-order valence-corrected chi connectivity index (χ3v) is 4.29. The molecule has 0 radical (unpaired) electrons. The van der Waals surface area contributed by atoms with E-state index in [2.05, 4.69) is 24.1 Å². The van der Waals surface area contributed by atoms with Crippen LogP contribution in [-0.4, -0.2) is 43.1 Å². The van der Waals surface area contributed by atoms with Crippen LogP contribution in [0.15, 0.2) is 18.2 Å². The number of likely N-dealkylation sites (tertiary alicyclic amines) is 1. The minimum atomic E-state index is -0.0452. The zero-order chi connectivity index (χ0) is 15.2. The third kappa shape index (κ3) is 4.46. The second-order valence-electron chi connectivity index (χ2n) is 5.76. The summed E-state index contributed by atoms with van der Waals surface area (Å²) in [4.78, 5) is 14.3. The molecule has 1 N–H and O–H groups in total. The molecule has 2 rings (SSSR count). The van der Waals surface area contributed by atoms with Crippen LogP contribution in [0.2, 0.25) is 0 Å². The third-order valence-electron chi connectivity index (χ3n) is 4.29. The van der Waals surface area contributed by atoms with E-state index >= 15 is 0 Å². The second-order valence-corrected chi connectivity index (χ2v) is 5.76. The lowest BCUT2D eigenvalue weighted by molar-refractivity contribution is -0.123. The normalized spacial score (nSPS) is 18.7. The van der Waals surface area contributed by atoms with E-state index in [4.69, 9.17) is 4.74 Å². The van der Waals surface area contributed by atoms with E-state index < -0.39 is 0 Å². The first-order chi connectivity index (χ1) is 10.1. The molecule has 1 unspecified atom stereocenters. The van der Waals surface area contributed by atoms with Crippen molar-refractivity contribution in [1.29, 1.82) is 0 Å². The lowest BCUT2D eigenvalue weighted by Crippen LogP contribution is -2.41. The fraction of sp³-hybridized carbons (Fsp3) is 0.588. The van der Waals surface area contributed by atoms with Crippen molar-refractivity contribution >= 4 is 5.91 Å². The van der Waals surface area contributed by atoms with E-state index in [0.29, 0.717) is 6.04 Å². The lowest BCUT2D eigenvalue weighted by atomic mass is 10.1. The summed E-state index contributed by atoms with van der Waals surface area (Å²) in [6, 6.07) is 6.38. The number of nitrogens with zero attached hydrogens (tertiary/aromatic N) is 1. The Morgan fingerprint density at radius 3 is 2.90 bits per heavy atom. The van der Waals surface area contributed by atoms with Gasteiger partial charge in [-0.25, -0.2) is 0 Å². The minimum Gasteiger partial charge on any atom is -0.484 e. The van der Waals surface area contributed by atoms with Gasteiger partial charge in [0.05, 0.1) is 0 Å². The Labute approximate surface area is 127 Å². The smallest absolute Gasteiger partial charge is 0.257 e. The van der Waals surface area contributed by atoms with Crippen LogP contribution in [-0.2, 0) is 4.79 Å².